The molecule has 0 aliphatic carbocycles. The fraction of sp³-hybridized carbons (Fsp3) is 0.214. The Bertz CT molecular complexity index is 668. The monoisotopic (exact) mass is 386 g/mol. The highest BCUT2D eigenvalue weighted by Crippen LogP contribution is 2.07. The summed E-state index contributed by atoms with van der Waals surface area (Å²) in [5.74, 6) is -0.422. The number of Topliss-reactive ketones (excluding diaryl/α,β-unsaturated/α-hetero) is 1. The van der Waals surface area contributed by atoms with Crippen LogP contribution in [-0.4, -0.2) is 15.3 Å². The van der Waals surface area contributed by atoms with E-state index in [4.69, 9.17) is 0 Å². The topological polar surface area (TPSA) is 52.0 Å². The third kappa shape index (κ3) is 3.72. The Morgan fingerprint density at radius 1 is 1.30 bits per heavy atom. The van der Waals surface area contributed by atoms with Gasteiger partial charge in [-0.05, 0) is 53.3 Å². The molecule has 104 valence electrons. The molecule has 20 heavy (non-hydrogen) atoms. The van der Waals surface area contributed by atoms with Crippen LogP contribution in [-0.2, 0) is 6.54 Å². The summed E-state index contributed by atoms with van der Waals surface area (Å²) in [5.41, 5.74) is 0.384. The van der Waals surface area contributed by atoms with Crippen molar-refractivity contribution in [2.45, 2.75) is 19.4 Å². The molecule has 0 unspecified atom stereocenters. The van der Waals surface area contributed by atoms with E-state index >= 15 is 0 Å². The van der Waals surface area contributed by atoms with Crippen LogP contribution in [0.15, 0.2) is 41.6 Å². The molecule has 0 aliphatic rings. The largest absolute Gasteiger partial charge is 0.298 e. The van der Waals surface area contributed by atoms with Gasteiger partial charge in [-0.3, -0.25) is 14.2 Å². The fourth-order valence-corrected chi connectivity index (χ4v) is 2.24. The summed E-state index contributed by atoms with van der Waals surface area (Å²) in [5, 5.41) is 0. The molecule has 0 saturated heterocycles. The molecule has 0 atom stereocenters. The number of nitrogens with zero attached hydrogens (tertiary/aromatic N) is 2. The summed E-state index contributed by atoms with van der Waals surface area (Å²) in [6.07, 6.45) is 3.82. The minimum atomic E-state index is -0.363. The fourth-order valence-electron chi connectivity index (χ4n) is 1.77. The average molecular weight is 386 g/mol. The van der Waals surface area contributed by atoms with Crippen molar-refractivity contribution in [1.82, 2.24) is 9.55 Å². The van der Waals surface area contributed by atoms with Gasteiger partial charge in [-0.2, -0.15) is 0 Å². The highest BCUT2D eigenvalue weighted by Gasteiger charge is 2.07. The molecule has 0 spiro atoms. The van der Waals surface area contributed by atoms with Gasteiger partial charge in [0, 0.05) is 24.7 Å². The smallest absolute Gasteiger partial charge is 0.266 e. The van der Waals surface area contributed by atoms with Gasteiger partial charge in [-0.15, -0.1) is 0 Å². The Hall–Kier alpha value is -1.57. The first-order valence-corrected chi connectivity index (χ1v) is 7.14. The van der Waals surface area contributed by atoms with Crippen molar-refractivity contribution in [2.75, 3.05) is 0 Å². The van der Waals surface area contributed by atoms with E-state index in [0.717, 1.165) is 0 Å². The molecule has 2 rings (SSSR count). The third-order valence-corrected chi connectivity index (χ3v) is 3.57. The number of carbonyl (C=O) groups is 1. The lowest BCUT2D eigenvalue weighted by molar-refractivity contribution is 0.0978. The van der Waals surface area contributed by atoms with Crippen LogP contribution >= 0.6 is 22.6 Å². The normalized spacial score (nSPS) is 10.5. The predicted octanol–water partition coefficient (Wildman–Crippen LogP) is 2.65. The SMILES string of the molecule is O=C(CCCn1cncc(I)c1=O)c1ccc(F)cc1. The van der Waals surface area contributed by atoms with Crippen molar-refractivity contribution in [3.8, 4) is 0 Å². The first kappa shape index (κ1) is 14.8. The maximum absolute atomic E-state index is 12.7. The van der Waals surface area contributed by atoms with Crippen molar-refractivity contribution in [3.05, 3.63) is 62.1 Å². The number of ketones is 1. The third-order valence-electron chi connectivity index (χ3n) is 2.83. The van der Waals surface area contributed by atoms with Crippen LogP contribution in [0.3, 0.4) is 0 Å². The quantitative estimate of drug-likeness (QED) is 0.587. The van der Waals surface area contributed by atoms with Gasteiger partial charge in [0.1, 0.15) is 5.82 Å². The van der Waals surface area contributed by atoms with Crippen LogP contribution in [0.1, 0.15) is 23.2 Å². The van der Waals surface area contributed by atoms with Gasteiger partial charge in [-0.1, -0.05) is 0 Å². The number of aromatic nitrogens is 2. The van der Waals surface area contributed by atoms with Gasteiger partial charge in [0.25, 0.3) is 5.56 Å². The summed E-state index contributed by atoms with van der Waals surface area (Å²) < 4.78 is 14.8. The van der Waals surface area contributed by atoms with Crippen molar-refractivity contribution < 1.29 is 9.18 Å². The van der Waals surface area contributed by atoms with Crippen molar-refractivity contribution in [2.24, 2.45) is 0 Å². The maximum Gasteiger partial charge on any atom is 0.266 e. The highest BCUT2D eigenvalue weighted by molar-refractivity contribution is 14.1. The molecule has 6 heteroatoms. The lowest BCUT2D eigenvalue weighted by Crippen LogP contribution is -2.22. The Kier molecular flexibility index (Phi) is 4.99. The Labute approximate surface area is 128 Å². The molecule has 1 aromatic carbocycles. The van der Waals surface area contributed by atoms with Gasteiger partial charge < -0.3 is 0 Å². The molecule has 0 aliphatic heterocycles. The van der Waals surface area contributed by atoms with E-state index < -0.39 is 0 Å². The molecule has 4 nitrogen and oxygen atoms in total. The van der Waals surface area contributed by atoms with Crippen molar-refractivity contribution in [3.63, 3.8) is 0 Å². The zero-order chi connectivity index (χ0) is 14.5. The van der Waals surface area contributed by atoms with Crippen LogP contribution in [0, 0.1) is 9.39 Å². The number of halogens is 2. The van der Waals surface area contributed by atoms with Crippen LogP contribution in [0.25, 0.3) is 0 Å². The Morgan fingerprint density at radius 2 is 2.00 bits per heavy atom. The molecule has 0 bridgehead atoms. The summed E-state index contributed by atoms with van der Waals surface area (Å²) in [6, 6.07) is 5.47. The van der Waals surface area contributed by atoms with Crippen LogP contribution < -0.4 is 5.56 Å². The molecular weight excluding hydrogens is 374 g/mol. The first-order chi connectivity index (χ1) is 9.58. The second-order valence-corrected chi connectivity index (χ2v) is 5.44. The first-order valence-electron chi connectivity index (χ1n) is 6.06. The van der Waals surface area contributed by atoms with Crippen LogP contribution in [0.4, 0.5) is 4.39 Å². The van der Waals surface area contributed by atoms with E-state index in [0.29, 0.717) is 28.5 Å². The molecule has 1 heterocycles. The summed E-state index contributed by atoms with van der Waals surface area (Å²) >= 11 is 1.93. The lowest BCUT2D eigenvalue weighted by Gasteiger charge is -2.05. The summed E-state index contributed by atoms with van der Waals surface area (Å²) in [6.45, 7) is 0.440. The number of rotatable bonds is 5. The number of aryl methyl sites for hydroxylation is 1. The summed E-state index contributed by atoms with van der Waals surface area (Å²) in [4.78, 5) is 27.6. The van der Waals surface area contributed by atoms with E-state index in [2.05, 4.69) is 4.98 Å². The number of hydrogen-bond donors (Lipinski definition) is 0. The number of benzene rings is 1. The molecule has 0 amide bonds. The molecular formula is C14H12FIN2O2. The molecule has 1 aromatic heterocycles. The number of carbonyl (C=O) groups excluding carboxylic acids is 1. The molecule has 2 aromatic rings. The molecule has 0 saturated carbocycles. The van der Waals surface area contributed by atoms with Gasteiger partial charge in [-0.25, -0.2) is 9.37 Å². The van der Waals surface area contributed by atoms with Gasteiger partial charge in [0.05, 0.1) is 9.90 Å². The second-order valence-electron chi connectivity index (χ2n) is 4.27. The second kappa shape index (κ2) is 6.74. The zero-order valence-electron chi connectivity index (χ0n) is 10.6. The minimum absolute atomic E-state index is 0.0587. The van der Waals surface area contributed by atoms with Gasteiger partial charge >= 0.3 is 0 Å². The predicted molar refractivity (Wildman–Crippen MR) is 81.2 cm³/mol. The van der Waals surface area contributed by atoms with Crippen LogP contribution in [0.2, 0.25) is 0 Å². The van der Waals surface area contributed by atoms with Crippen LogP contribution in [0.5, 0.6) is 0 Å². The molecule has 0 radical (unpaired) electrons. The Morgan fingerprint density at radius 3 is 2.70 bits per heavy atom. The standard InChI is InChI=1S/C14H12FIN2O2/c15-11-5-3-10(4-6-11)13(19)2-1-7-18-9-17-8-12(16)14(18)20/h3-6,8-9H,1-2,7H2. The lowest BCUT2D eigenvalue weighted by atomic mass is 10.1. The van der Waals surface area contributed by atoms with E-state index in [1.54, 1.807) is 0 Å². The van der Waals surface area contributed by atoms with Gasteiger partial charge in [0.15, 0.2) is 5.78 Å². The molecule has 0 fully saturated rings. The Balaban J connectivity index is 1.93. The highest BCUT2D eigenvalue weighted by atomic mass is 127. The molecule has 0 N–H and O–H groups in total. The average Bonchev–Trinajstić information content (AvgIpc) is 2.44. The van der Waals surface area contributed by atoms with E-state index in [-0.39, 0.29) is 17.2 Å². The van der Waals surface area contributed by atoms with Crippen molar-refractivity contribution >= 4 is 28.4 Å². The zero-order valence-corrected chi connectivity index (χ0v) is 12.7. The minimum Gasteiger partial charge on any atom is -0.298 e. The van der Waals surface area contributed by atoms with Crippen molar-refractivity contribution in [1.29, 1.82) is 0 Å². The van der Waals surface area contributed by atoms with E-state index in [1.165, 1.54) is 41.4 Å². The van der Waals surface area contributed by atoms with E-state index in [1.807, 2.05) is 22.6 Å². The van der Waals surface area contributed by atoms with E-state index in [9.17, 15) is 14.0 Å². The number of hydrogen-bond acceptors (Lipinski definition) is 3. The van der Waals surface area contributed by atoms with Gasteiger partial charge in [0.2, 0.25) is 0 Å². The maximum atomic E-state index is 12.7. The summed E-state index contributed by atoms with van der Waals surface area (Å²) in [7, 11) is 0.